The predicted molar refractivity (Wildman–Crippen MR) is 91.1 cm³/mol. The molecular weight excluding hydrogens is 290 g/mol. The monoisotopic (exact) mass is 317 g/mol. The molecule has 0 spiro atoms. The normalized spacial score (nSPS) is 14.7. The highest BCUT2D eigenvalue weighted by Gasteiger charge is 2.22. The molecule has 1 aliphatic rings. The number of hydrogen-bond acceptors (Lipinski definition) is 3. The second kappa shape index (κ2) is 9.30. The van der Waals surface area contributed by atoms with Crippen LogP contribution in [0.5, 0.6) is 0 Å². The van der Waals surface area contributed by atoms with Gasteiger partial charge < -0.3 is 16.0 Å². The first-order valence-electron chi connectivity index (χ1n) is 8.50. The first-order chi connectivity index (χ1) is 11.2. The minimum absolute atomic E-state index is 0.0531. The van der Waals surface area contributed by atoms with Crippen LogP contribution in [0, 0.1) is 5.92 Å². The van der Waals surface area contributed by atoms with Crippen molar-refractivity contribution in [2.24, 2.45) is 5.92 Å². The molecule has 0 aliphatic heterocycles. The number of carbonyl (C=O) groups excluding carboxylic acids is 2. The summed E-state index contributed by atoms with van der Waals surface area (Å²) in [7, 11) is 1.89. The molecule has 2 rings (SSSR count). The molecule has 1 aliphatic carbocycles. The molecule has 126 valence electrons. The molecule has 1 saturated carbocycles. The quantitative estimate of drug-likeness (QED) is 0.641. The van der Waals surface area contributed by atoms with Crippen LogP contribution in [0.3, 0.4) is 0 Å². The molecule has 0 radical (unpaired) electrons. The van der Waals surface area contributed by atoms with E-state index in [1.807, 2.05) is 31.3 Å². The Bertz CT molecular complexity index is 508. The van der Waals surface area contributed by atoms with Crippen LogP contribution >= 0.6 is 0 Å². The van der Waals surface area contributed by atoms with Gasteiger partial charge in [0, 0.05) is 24.6 Å². The Morgan fingerprint density at radius 3 is 2.39 bits per heavy atom. The molecule has 5 nitrogen and oxygen atoms in total. The Kier molecular flexibility index (Phi) is 7.07. The number of hydrogen-bond donors (Lipinski definition) is 3. The van der Waals surface area contributed by atoms with E-state index in [0.29, 0.717) is 18.7 Å². The van der Waals surface area contributed by atoms with Crippen LogP contribution in [0.1, 0.15) is 48.0 Å². The second-order valence-corrected chi connectivity index (χ2v) is 6.11. The molecule has 5 heteroatoms. The van der Waals surface area contributed by atoms with E-state index in [1.54, 1.807) is 0 Å². The van der Waals surface area contributed by atoms with E-state index in [1.165, 1.54) is 0 Å². The summed E-state index contributed by atoms with van der Waals surface area (Å²) in [5, 5.41) is 8.93. The Morgan fingerprint density at radius 1 is 1.04 bits per heavy atom. The van der Waals surface area contributed by atoms with E-state index in [4.69, 9.17) is 0 Å². The van der Waals surface area contributed by atoms with Crippen molar-refractivity contribution in [2.45, 2.75) is 38.6 Å². The summed E-state index contributed by atoms with van der Waals surface area (Å²) in [6.07, 6.45) is 5.26. The number of rotatable bonds is 8. The molecular formula is C18H27N3O2. The van der Waals surface area contributed by atoms with Gasteiger partial charge in [0.1, 0.15) is 0 Å². The average molecular weight is 317 g/mol. The largest absolute Gasteiger partial charge is 0.352 e. The summed E-state index contributed by atoms with van der Waals surface area (Å²) in [6, 6.07) is 7.42. The Labute approximate surface area is 138 Å². The van der Waals surface area contributed by atoms with Crippen molar-refractivity contribution in [3.8, 4) is 0 Å². The molecule has 1 aromatic rings. The van der Waals surface area contributed by atoms with Gasteiger partial charge in [-0.2, -0.15) is 0 Å². The van der Waals surface area contributed by atoms with E-state index >= 15 is 0 Å². The zero-order valence-electron chi connectivity index (χ0n) is 13.9. The molecule has 0 saturated heterocycles. The highest BCUT2D eigenvalue weighted by Crippen LogP contribution is 2.24. The smallest absolute Gasteiger partial charge is 0.251 e. The Balaban J connectivity index is 1.75. The summed E-state index contributed by atoms with van der Waals surface area (Å²) in [5.74, 6) is 0.300. The third kappa shape index (κ3) is 5.67. The van der Waals surface area contributed by atoms with E-state index in [0.717, 1.165) is 44.2 Å². The fourth-order valence-electron chi connectivity index (χ4n) is 2.86. The van der Waals surface area contributed by atoms with Gasteiger partial charge in [-0.05, 0) is 50.6 Å². The maximum absolute atomic E-state index is 12.0. The van der Waals surface area contributed by atoms with Gasteiger partial charge in [0.2, 0.25) is 5.91 Å². The van der Waals surface area contributed by atoms with Gasteiger partial charge in [-0.3, -0.25) is 9.59 Å². The van der Waals surface area contributed by atoms with Gasteiger partial charge >= 0.3 is 0 Å². The number of nitrogens with one attached hydrogen (secondary N) is 3. The number of benzene rings is 1. The van der Waals surface area contributed by atoms with Crippen LogP contribution in [0.25, 0.3) is 0 Å². The van der Waals surface area contributed by atoms with Crippen LogP contribution in [0.15, 0.2) is 24.3 Å². The fraction of sp³-hybridized carbons (Fsp3) is 0.556. The van der Waals surface area contributed by atoms with Crippen molar-refractivity contribution in [3.05, 3.63) is 35.4 Å². The molecule has 3 N–H and O–H groups in total. The fourth-order valence-corrected chi connectivity index (χ4v) is 2.86. The van der Waals surface area contributed by atoms with Crippen LogP contribution < -0.4 is 16.0 Å². The third-order valence-corrected chi connectivity index (χ3v) is 4.30. The first kappa shape index (κ1) is 17.5. The highest BCUT2D eigenvalue weighted by molar-refractivity contribution is 5.94. The van der Waals surface area contributed by atoms with Crippen molar-refractivity contribution in [3.63, 3.8) is 0 Å². The van der Waals surface area contributed by atoms with Crippen molar-refractivity contribution in [1.29, 1.82) is 0 Å². The molecule has 1 aromatic carbocycles. The zero-order valence-corrected chi connectivity index (χ0v) is 13.9. The molecule has 0 unspecified atom stereocenters. The second-order valence-electron chi connectivity index (χ2n) is 6.11. The van der Waals surface area contributed by atoms with Gasteiger partial charge in [0.05, 0.1) is 0 Å². The van der Waals surface area contributed by atoms with Crippen LogP contribution in [-0.2, 0) is 11.3 Å². The molecule has 2 amide bonds. The van der Waals surface area contributed by atoms with Gasteiger partial charge in [0.25, 0.3) is 5.91 Å². The van der Waals surface area contributed by atoms with Crippen molar-refractivity contribution in [1.82, 2.24) is 16.0 Å². The molecule has 1 fully saturated rings. The first-order valence-corrected chi connectivity index (χ1v) is 8.50. The lowest BCUT2D eigenvalue weighted by molar-refractivity contribution is -0.124. The van der Waals surface area contributed by atoms with Gasteiger partial charge in [0.15, 0.2) is 0 Å². The Morgan fingerprint density at radius 2 is 1.74 bits per heavy atom. The summed E-state index contributed by atoms with van der Waals surface area (Å²) in [4.78, 5) is 23.9. The molecule has 0 heterocycles. The van der Waals surface area contributed by atoms with Gasteiger partial charge in [-0.15, -0.1) is 0 Å². The summed E-state index contributed by atoms with van der Waals surface area (Å²) < 4.78 is 0. The van der Waals surface area contributed by atoms with Crippen molar-refractivity contribution < 1.29 is 9.59 Å². The number of carbonyl (C=O) groups is 2. The maximum atomic E-state index is 12.0. The van der Waals surface area contributed by atoms with Crippen molar-refractivity contribution >= 4 is 11.8 Å². The topological polar surface area (TPSA) is 70.2 Å². The summed E-state index contributed by atoms with van der Waals surface area (Å²) in [6.45, 7) is 2.08. The highest BCUT2D eigenvalue weighted by atomic mass is 16.2. The summed E-state index contributed by atoms with van der Waals surface area (Å²) in [5.41, 5.74) is 1.67. The zero-order chi connectivity index (χ0) is 16.5. The SMILES string of the molecule is CNCCCNC(=O)c1ccc(CNC(=O)C2CCCC2)cc1. The van der Waals surface area contributed by atoms with Crippen molar-refractivity contribution in [2.75, 3.05) is 20.1 Å². The third-order valence-electron chi connectivity index (χ3n) is 4.30. The maximum Gasteiger partial charge on any atom is 0.251 e. The lowest BCUT2D eigenvalue weighted by atomic mass is 10.1. The summed E-state index contributed by atoms with van der Waals surface area (Å²) >= 11 is 0. The van der Waals surface area contributed by atoms with Gasteiger partial charge in [-0.1, -0.05) is 25.0 Å². The molecule has 0 aromatic heterocycles. The van der Waals surface area contributed by atoms with Crippen LogP contribution in [0.2, 0.25) is 0 Å². The predicted octanol–water partition coefficient (Wildman–Crippen LogP) is 1.83. The lowest BCUT2D eigenvalue weighted by Crippen LogP contribution is -2.29. The minimum Gasteiger partial charge on any atom is -0.352 e. The van der Waals surface area contributed by atoms with E-state index in [2.05, 4.69) is 16.0 Å². The van der Waals surface area contributed by atoms with Gasteiger partial charge in [-0.25, -0.2) is 0 Å². The molecule has 0 atom stereocenters. The minimum atomic E-state index is -0.0531. The standard InChI is InChI=1S/C18H27N3O2/c1-19-11-4-12-20-17(22)16-9-7-14(8-10-16)13-21-18(23)15-5-2-3-6-15/h7-10,15,19H,2-6,11-13H2,1H3,(H,20,22)(H,21,23). The molecule has 23 heavy (non-hydrogen) atoms. The van der Waals surface area contributed by atoms with Crippen LogP contribution in [-0.4, -0.2) is 32.0 Å². The molecule has 0 bridgehead atoms. The Hall–Kier alpha value is -1.88. The van der Waals surface area contributed by atoms with E-state index in [-0.39, 0.29) is 17.7 Å². The lowest BCUT2D eigenvalue weighted by Gasteiger charge is -2.11. The van der Waals surface area contributed by atoms with Crippen LogP contribution in [0.4, 0.5) is 0 Å². The van der Waals surface area contributed by atoms with E-state index < -0.39 is 0 Å². The average Bonchev–Trinajstić information content (AvgIpc) is 3.11. The van der Waals surface area contributed by atoms with E-state index in [9.17, 15) is 9.59 Å². The number of amides is 2.